The predicted molar refractivity (Wildman–Crippen MR) is 83.5 cm³/mol. The molecule has 0 aliphatic heterocycles. The molecule has 0 saturated carbocycles. The van der Waals surface area contributed by atoms with E-state index in [4.69, 9.17) is 10.5 Å². The van der Waals surface area contributed by atoms with Crippen molar-refractivity contribution in [3.63, 3.8) is 0 Å². The van der Waals surface area contributed by atoms with Gasteiger partial charge in [0.15, 0.2) is 0 Å². The molecule has 4 nitrogen and oxygen atoms in total. The van der Waals surface area contributed by atoms with Crippen LogP contribution in [-0.4, -0.2) is 19.1 Å². The van der Waals surface area contributed by atoms with Crippen molar-refractivity contribution in [2.24, 2.45) is 5.92 Å². The number of amides is 1. The minimum atomic E-state index is -0.0939. The third-order valence-electron chi connectivity index (χ3n) is 2.61. The zero-order valence-electron chi connectivity index (χ0n) is 12.5. The number of benzene rings is 1. The highest BCUT2D eigenvalue weighted by atomic mass is 16.5. The van der Waals surface area contributed by atoms with Crippen LogP contribution in [0.5, 0.6) is 5.75 Å². The van der Waals surface area contributed by atoms with Gasteiger partial charge >= 0.3 is 0 Å². The molecule has 1 aromatic rings. The van der Waals surface area contributed by atoms with Crippen LogP contribution in [0.2, 0.25) is 0 Å². The molecule has 20 heavy (non-hydrogen) atoms. The summed E-state index contributed by atoms with van der Waals surface area (Å²) in [6.07, 6.45) is 4.20. The SMILES string of the molecule is CCCOc1ccc(/C=C\C(=O)NCC(C)C)cc1N. The minimum Gasteiger partial charge on any atom is -0.491 e. The van der Waals surface area contributed by atoms with Crippen molar-refractivity contribution in [1.82, 2.24) is 5.32 Å². The number of carbonyl (C=O) groups excluding carboxylic acids is 1. The first-order valence-electron chi connectivity index (χ1n) is 7.01. The minimum absolute atomic E-state index is 0.0939. The molecule has 0 unspecified atom stereocenters. The molecule has 1 rings (SSSR count). The van der Waals surface area contributed by atoms with E-state index >= 15 is 0 Å². The lowest BCUT2D eigenvalue weighted by Crippen LogP contribution is -2.25. The maximum atomic E-state index is 11.6. The quantitative estimate of drug-likeness (QED) is 0.594. The molecule has 0 aliphatic rings. The van der Waals surface area contributed by atoms with E-state index in [1.165, 1.54) is 6.08 Å². The summed E-state index contributed by atoms with van der Waals surface area (Å²) in [4.78, 5) is 11.6. The molecular formula is C16H24N2O2. The first-order chi connectivity index (χ1) is 9.52. The number of hydrogen-bond donors (Lipinski definition) is 2. The third kappa shape index (κ3) is 5.78. The predicted octanol–water partition coefficient (Wildman–Crippen LogP) is 2.84. The molecule has 0 heterocycles. The lowest BCUT2D eigenvalue weighted by molar-refractivity contribution is -0.116. The van der Waals surface area contributed by atoms with E-state index in [2.05, 4.69) is 19.2 Å². The number of ether oxygens (including phenoxy) is 1. The molecule has 1 aromatic carbocycles. The Bertz CT molecular complexity index is 468. The molecule has 0 spiro atoms. The van der Waals surface area contributed by atoms with Crippen molar-refractivity contribution in [1.29, 1.82) is 0 Å². The number of nitrogens with one attached hydrogen (secondary N) is 1. The van der Waals surface area contributed by atoms with Gasteiger partial charge in [-0.2, -0.15) is 0 Å². The summed E-state index contributed by atoms with van der Waals surface area (Å²) in [7, 11) is 0. The second-order valence-corrected chi connectivity index (χ2v) is 5.12. The van der Waals surface area contributed by atoms with Crippen LogP contribution in [0.25, 0.3) is 6.08 Å². The van der Waals surface area contributed by atoms with Gasteiger partial charge in [0, 0.05) is 12.6 Å². The molecule has 0 aromatic heterocycles. The summed E-state index contributed by atoms with van der Waals surface area (Å²) in [5.41, 5.74) is 7.37. The third-order valence-corrected chi connectivity index (χ3v) is 2.61. The Balaban J connectivity index is 2.60. The van der Waals surface area contributed by atoms with Crippen molar-refractivity contribution in [2.75, 3.05) is 18.9 Å². The molecule has 3 N–H and O–H groups in total. The summed E-state index contributed by atoms with van der Waals surface area (Å²) in [6, 6.07) is 5.52. The summed E-state index contributed by atoms with van der Waals surface area (Å²) in [6.45, 7) is 7.48. The van der Waals surface area contributed by atoms with Crippen molar-refractivity contribution in [2.45, 2.75) is 27.2 Å². The van der Waals surface area contributed by atoms with Gasteiger partial charge in [-0.3, -0.25) is 4.79 Å². The summed E-state index contributed by atoms with van der Waals surface area (Å²) < 4.78 is 5.50. The summed E-state index contributed by atoms with van der Waals surface area (Å²) in [5, 5.41) is 2.82. The Morgan fingerprint density at radius 2 is 2.20 bits per heavy atom. The first kappa shape index (κ1) is 16.1. The Morgan fingerprint density at radius 3 is 2.80 bits per heavy atom. The number of carbonyl (C=O) groups is 1. The number of hydrogen-bond acceptors (Lipinski definition) is 3. The van der Waals surface area contributed by atoms with Crippen LogP contribution < -0.4 is 15.8 Å². The lowest BCUT2D eigenvalue weighted by Gasteiger charge is -2.08. The van der Waals surface area contributed by atoms with E-state index < -0.39 is 0 Å². The zero-order valence-corrected chi connectivity index (χ0v) is 12.5. The molecule has 0 radical (unpaired) electrons. The normalized spacial score (nSPS) is 11.0. The Labute approximate surface area is 121 Å². The van der Waals surface area contributed by atoms with Gasteiger partial charge in [-0.15, -0.1) is 0 Å². The Hall–Kier alpha value is -1.97. The number of nitrogen functional groups attached to an aromatic ring is 1. The molecule has 0 aliphatic carbocycles. The van der Waals surface area contributed by atoms with Gasteiger partial charge in [-0.25, -0.2) is 0 Å². The van der Waals surface area contributed by atoms with Crippen molar-refractivity contribution >= 4 is 17.7 Å². The maximum Gasteiger partial charge on any atom is 0.244 e. The van der Waals surface area contributed by atoms with Crippen LogP contribution in [-0.2, 0) is 4.79 Å². The molecule has 0 fully saturated rings. The van der Waals surface area contributed by atoms with Crippen LogP contribution in [0.4, 0.5) is 5.69 Å². The van der Waals surface area contributed by atoms with Crippen LogP contribution >= 0.6 is 0 Å². The highest BCUT2D eigenvalue weighted by molar-refractivity contribution is 5.91. The monoisotopic (exact) mass is 276 g/mol. The van der Waals surface area contributed by atoms with Gasteiger partial charge in [0.25, 0.3) is 0 Å². The number of rotatable bonds is 7. The van der Waals surface area contributed by atoms with E-state index in [0.29, 0.717) is 30.5 Å². The molecule has 1 amide bonds. The van der Waals surface area contributed by atoms with Gasteiger partial charge in [0.05, 0.1) is 12.3 Å². The first-order valence-corrected chi connectivity index (χ1v) is 7.01. The van der Waals surface area contributed by atoms with Crippen LogP contribution in [0, 0.1) is 5.92 Å². The van der Waals surface area contributed by atoms with E-state index in [9.17, 15) is 4.79 Å². The standard InChI is InChI=1S/C16H24N2O2/c1-4-9-20-15-7-5-13(10-14(15)17)6-8-16(19)18-11-12(2)3/h5-8,10,12H,4,9,11,17H2,1-3H3,(H,18,19)/b8-6-. The second kappa shape index (κ2) is 8.25. The van der Waals surface area contributed by atoms with Gasteiger partial charge in [-0.1, -0.05) is 26.8 Å². The highest BCUT2D eigenvalue weighted by Gasteiger charge is 2.01. The van der Waals surface area contributed by atoms with Crippen molar-refractivity contribution in [3.05, 3.63) is 29.8 Å². The molecular weight excluding hydrogens is 252 g/mol. The van der Waals surface area contributed by atoms with Gasteiger partial charge in [-0.05, 0) is 36.1 Å². The Kier molecular flexibility index (Phi) is 6.64. The second-order valence-electron chi connectivity index (χ2n) is 5.12. The van der Waals surface area contributed by atoms with E-state index in [-0.39, 0.29) is 5.91 Å². The maximum absolute atomic E-state index is 11.6. The Morgan fingerprint density at radius 1 is 1.45 bits per heavy atom. The zero-order chi connectivity index (χ0) is 15.0. The van der Waals surface area contributed by atoms with Crippen LogP contribution in [0.1, 0.15) is 32.8 Å². The van der Waals surface area contributed by atoms with Crippen molar-refractivity contribution < 1.29 is 9.53 Å². The smallest absolute Gasteiger partial charge is 0.244 e. The van der Waals surface area contributed by atoms with Gasteiger partial charge < -0.3 is 15.8 Å². The molecule has 110 valence electrons. The van der Waals surface area contributed by atoms with E-state index in [0.717, 1.165) is 12.0 Å². The average molecular weight is 276 g/mol. The van der Waals surface area contributed by atoms with Crippen molar-refractivity contribution in [3.8, 4) is 5.75 Å². The fourth-order valence-electron chi connectivity index (χ4n) is 1.55. The largest absolute Gasteiger partial charge is 0.491 e. The topological polar surface area (TPSA) is 64.3 Å². The van der Waals surface area contributed by atoms with E-state index in [1.54, 1.807) is 12.1 Å². The van der Waals surface area contributed by atoms with Gasteiger partial charge in [0.1, 0.15) is 5.75 Å². The summed E-state index contributed by atoms with van der Waals surface area (Å²) in [5.74, 6) is 1.04. The highest BCUT2D eigenvalue weighted by Crippen LogP contribution is 2.23. The molecule has 4 heteroatoms. The van der Waals surface area contributed by atoms with Crippen LogP contribution in [0.3, 0.4) is 0 Å². The average Bonchev–Trinajstić information content (AvgIpc) is 2.41. The molecule has 0 atom stereocenters. The number of anilines is 1. The lowest BCUT2D eigenvalue weighted by atomic mass is 10.1. The number of nitrogens with two attached hydrogens (primary N) is 1. The van der Waals surface area contributed by atoms with E-state index in [1.807, 2.05) is 19.1 Å². The fraction of sp³-hybridized carbons (Fsp3) is 0.438. The summed E-state index contributed by atoms with van der Waals surface area (Å²) >= 11 is 0. The fourth-order valence-corrected chi connectivity index (χ4v) is 1.55. The molecule has 0 bridgehead atoms. The van der Waals surface area contributed by atoms with Crippen LogP contribution in [0.15, 0.2) is 24.3 Å². The molecule has 0 saturated heterocycles. The van der Waals surface area contributed by atoms with Gasteiger partial charge in [0.2, 0.25) is 5.91 Å².